The average Bonchev–Trinajstić information content (AvgIpc) is 2.24. The summed E-state index contributed by atoms with van der Waals surface area (Å²) in [6.45, 7) is 6.48. The SMILES string of the molecule is CCOC(C)(C)C(Cc1cc(F)cc(Br)c1)NN. The van der Waals surface area contributed by atoms with Crippen molar-refractivity contribution in [3.63, 3.8) is 0 Å². The van der Waals surface area contributed by atoms with E-state index in [1.165, 1.54) is 12.1 Å². The summed E-state index contributed by atoms with van der Waals surface area (Å²) in [5.74, 6) is 5.32. The van der Waals surface area contributed by atoms with Crippen molar-refractivity contribution in [3.8, 4) is 0 Å². The molecule has 1 unspecified atom stereocenters. The molecule has 1 atom stereocenters. The van der Waals surface area contributed by atoms with Crippen molar-refractivity contribution in [2.45, 2.75) is 38.8 Å². The van der Waals surface area contributed by atoms with Crippen LogP contribution in [0.5, 0.6) is 0 Å². The Bertz CT molecular complexity index is 378. The van der Waals surface area contributed by atoms with Crippen LogP contribution in [0.1, 0.15) is 26.3 Å². The smallest absolute Gasteiger partial charge is 0.124 e. The Labute approximate surface area is 116 Å². The number of hydrazine groups is 1. The van der Waals surface area contributed by atoms with Crippen LogP contribution in [0.2, 0.25) is 0 Å². The van der Waals surface area contributed by atoms with Crippen LogP contribution in [0.4, 0.5) is 4.39 Å². The Morgan fingerprint density at radius 1 is 1.44 bits per heavy atom. The summed E-state index contributed by atoms with van der Waals surface area (Å²) in [5, 5.41) is 0. The molecule has 0 fully saturated rings. The molecule has 102 valence electrons. The Balaban J connectivity index is 2.85. The van der Waals surface area contributed by atoms with Gasteiger partial charge in [0.2, 0.25) is 0 Å². The highest BCUT2D eigenvalue weighted by Gasteiger charge is 2.29. The molecule has 0 aliphatic heterocycles. The zero-order chi connectivity index (χ0) is 13.8. The van der Waals surface area contributed by atoms with E-state index in [1.807, 2.05) is 26.8 Å². The van der Waals surface area contributed by atoms with Crippen molar-refractivity contribution >= 4 is 15.9 Å². The molecular weight excluding hydrogens is 299 g/mol. The van der Waals surface area contributed by atoms with Crippen LogP contribution < -0.4 is 11.3 Å². The van der Waals surface area contributed by atoms with Crippen molar-refractivity contribution in [1.82, 2.24) is 5.43 Å². The standard InChI is InChI=1S/C13H20BrFN2O/c1-4-18-13(2,3)12(17-16)7-9-5-10(14)8-11(15)6-9/h5-6,8,12,17H,4,7,16H2,1-3H3. The molecule has 0 saturated heterocycles. The summed E-state index contributed by atoms with van der Waals surface area (Å²) in [5.41, 5.74) is 3.21. The van der Waals surface area contributed by atoms with Gasteiger partial charge in [0.15, 0.2) is 0 Å². The third-order valence-corrected chi connectivity index (χ3v) is 3.38. The van der Waals surface area contributed by atoms with Crippen LogP contribution in [0, 0.1) is 5.82 Å². The van der Waals surface area contributed by atoms with Gasteiger partial charge in [-0.15, -0.1) is 0 Å². The number of nitrogens with one attached hydrogen (secondary N) is 1. The maximum absolute atomic E-state index is 13.3. The Hall–Kier alpha value is -0.490. The van der Waals surface area contributed by atoms with E-state index in [2.05, 4.69) is 21.4 Å². The van der Waals surface area contributed by atoms with E-state index in [-0.39, 0.29) is 11.9 Å². The number of hydrogen-bond donors (Lipinski definition) is 2. The quantitative estimate of drug-likeness (QED) is 0.626. The molecule has 0 aliphatic rings. The van der Waals surface area contributed by atoms with Crippen LogP contribution in [-0.2, 0) is 11.2 Å². The van der Waals surface area contributed by atoms with E-state index in [4.69, 9.17) is 10.6 Å². The Kier molecular flexibility index (Phi) is 5.72. The minimum Gasteiger partial charge on any atom is -0.374 e. The average molecular weight is 319 g/mol. The molecular formula is C13H20BrFN2O. The number of hydrogen-bond acceptors (Lipinski definition) is 3. The Morgan fingerprint density at radius 3 is 2.61 bits per heavy atom. The topological polar surface area (TPSA) is 47.3 Å². The molecule has 0 heterocycles. The van der Waals surface area contributed by atoms with Gasteiger partial charge in [-0.25, -0.2) is 4.39 Å². The predicted molar refractivity (Wildman–Crippen MR) is 74.6 cm³/mol. The zero-order valence-electron chi connectivity index (χ0n) is 11.0. The first-order chi connectivity index (χ1) is 8.39. The van der Waals surface area contributed by atoms with E-state index in [1.54, 1.807) is 0 Å². The monoisotopic (exact) mass is 318 g/mol. The third-order valence-electron chi connectivity index (χ3n) is 2.92. The summed E-state index contributed by atoms with van der Waals surface area (Å²) < 4.78 is 19.7. The van der Waals surface area contributed by atoms with Gasteiger partial charge in [-0.3, -0.25) is 11.3 Å². The summed E-state index contributed by atoms with van der Waals surface area (Å²) >= 11 is 3.28. The highest BCUT2D eigenvalue weighted by Crippen LogP contribution is 2.21. The van der Waals surface area contributed by atoms with Crippen molar-refractivity contribution in [2.75, 3.05) is 6.61 Å². The highest BCUT2D eigenvalue weighted by molar-refractivity contribution is 9.10. The second kappa shape index (κ2) is 6.61. The normalized spacial score (nSPS) is 13.7. The fourth-order valence-electron chi connectivity index (χ4n) is 1.94. The van der Waals surface area contributed by atoms with Gasteiger partial charge in [0.05, 0.1) is 11.6 Å². The van der Waals surface area contributed by atoms with Gasteiger partial charge in [0.25, 0.3) is 0 Å². The van der Waals surface area contributed by atoms with Crippen LogP contribution in [0.3, 0.4) is 0 Å². The minimum absolute atomic E-state index is 0.0915. The molecule has 0 spiro atoms. The first-order valence-electron chi connectivity index (χ1n) is 5.94. The van der Waals surface area contributed by atoms with Crippen molar-refractivity contribution < 1.29 is 9.13 Å². The lowest BCUT2D eigenvalue weighted by molar-refractivity contribution is -0.0381. The highest BCUT2D eigenvalue weighted by atomic mass is 79.9. The summed E-state index contributed by atoms with van der Waals surface area (Å²) in [7, 11) is 0. The van der Waals surface area contributed by atoms with Gasteiger partial charge in [-0.2, -0.15) is 0 Å². The number of rotatable bonds is 6. The van der Waals surface area contributed by atoms with Gasteiger partial charge in [0.1, 0.15) is 5.82 Å². The summed E-state index contributed by atoms with van der Waals surface area (Å²) in [6, 6.07) is 4.74. The maximum Gasteiger partial charge on any atom is 0.124 e. The van der Waals surface area contributed by atoms with Crippen LogP contribution >= 0.6 is 15.9 Å². The lowest BCUT2D eigenvalue weighted by atomic mass is 9.92. The third kappa shape index (κ3) is 4.31. The predicted octanol–water partition coefficient (Wildman–Crippen LogP) is 2.78. The largest absolute Gasteiger partial charge is 0.374 e. The van der Waals surface area contributed by atoms with E-state index >= 15 is 0 Å². The van der Waals surface area contributed by atoms with Gasteiger partial charge in [-0.05, 0) is 51.0 Å². The Morgan fingerprint density at radius 2 is 2.11 bits per heavy atom. The number of benzene rings is 1. The first kappa shape index (κ1) is 15.6. The summed E-state index contributed by atoms with van der Waals surface area (Å²) in [4.78, 5) is 0. The molecule has 3 N–H and O–H groups in total. The number of ether oxygens (including phenoxy) is 1. The maximum atomic E-state index is 13.3. The van der Waals surface area contributed by atoms with Gasteiger partial charge in [0, 0.05) is 11.1 Å². The van der Waals surface area contributed by atoms with Crippen LogP contribution in [0.15, 0.2) is 22.7 Å². The minimum atomic E-state index is -0.414. The molecule has 1 aromatic carbocycles. The molecule has 0 aliphatic carbocycles. The molecule has 1 aromatic rings. The molecule has 0 saturated carbocycles. The fourth-order valence-corrected chi connectivity index (χ4v) is 2.46. The zero-order valence-corrected chi connectivity index (χ0v) is 12.6. The van der Waals surface area contributed by atoms with E-state index in [9.17, 15) is 4.39 Å². The van der Waals surface area contributed by atoms with Gasteiger partial charge < -0.3 is 4.74 Å². The molecule has 1 rings (SSSR count). The molecule has 18 heavy (non-hydrogen) atoms. The molecule has 0 amide bonds. The van der Waals surface area contributed by atoms with E-state index in [0.29, 0.717) is 13.0 Å². The van der Waals surface area contributed by atoms with Crippen LogP contribution in [-0.4, -0.2) is 18.2 Å². The number of nitrogens with two attached hydrogens (primary N) is 1. The van der Waals surface area contributed by atoms with E-state index < -0.39 is 5.60 Å². The molecule has 0 bridgehead atoms. The lowest BCUT2D eigenvalue weighted by Gasteiger charge is -2.33. The van der Waals surface area contributed by atoms with Crippen molar-refractivity contribution in [1.29, 1.82) is 0 Å². The molecule has 0 aromatic heterocycles. The first-order valence-corrected chi connectivity index (χ1v) is 6.73. The molecule has 3 nitrogen and oxygen atoms in total. The number of halogens is 2. The second-order valence-corrected chi connectivity index (χ2v) is 5.65. The van der Waals surface area contributed by atoms with Crippen molar-refractivity contribution in [2.24, 2.45) is 5.84 Å². The second-order valence-electron chi connectivity index (χ2n) is 4.74. The van der Waals surface area contributed by atoms with Crippen LogP contribution in [0.25, 0.3) is 0 Å². The van der Waals surface area contributed by atoms with Crippen molar-refractivity contribution in [3.05, 3.63) is 34.1 Å². The molecule has 0 radical (unpaired) electrons. The fraction of sp³-hybridized carbons (Fsp3) is 0.538. The lowest BCUT2D eigenvalue weighted by Crippen LogP contribution is -2.52. The molecule has 5 heteroatoms. The summed E-state index contributed by atoms with van der Waals surface area (Å²) in [6.07, 6.45) is 0.597. The van der Waals surface area contributed by atoms with Gasteiger partial charge >= 0.3 is 0 Å². The van der Waals surface area contributed by atoms with Gasteiger partial charge in [-0.1, -0.05) is 15.9 Å². The van der Waals surface area contributed by atoms with E-state index in [0.717, 1.165) is 10.0 Å².